The van der Waals surface area contributed by atoms with Crippen LogP contribution in [-0.2, 0) is 9.47 Å². The fourth-order valence-electron chi connectivity index (χ4n) is 3.35. The van der Waals surface area contributed by atoms with Gasteiger partial charge in [0.25, 0.3) is 5.91 Å². The minimum atomic E-state index is -0.457. The van der Waals surface area contributed by atoms with E-state index >= 15 is 0 Å². The summed E-state index contributed by atoms with van der Waals surface area (Å²) < 4.78 is 15.9. The van der Waals surface area contributed by atoms with E-state index in [2.05, 4.69) is 22.5 Å². The highest BCUT2D eigenvalue weighted by Gasteiger charge is 2.19. The van der Waals surface area contributed by atoms with Crippen LogP contribution in [0.2, 0.25) is 0 Å². The first-order chi connectivity index (χ1) is 16.0. The molecule has 2 aromatic rings. The van der Waals surface area contributed by atoms with E-state index in [1.807, 2.05) is 12.1 Å². The lowest BCUT2D eigenvalue weighted by Gasteiger charge is -2.31. The van der Waals surface area contributed by atoms with Crippen molar-refractivity contribution in [2.75, 3.05) is 50.2 Å². The number of unbranched alkanes of at least 4 members (excludes halogenated alkanes) is 1. The summed E-state index contributed by atoms with van der Waals surface area (Å²) in [6.07, 6.45) is 1.98. The Hall–Kier alpha value is -3.17. The van der Waals surface area contributed by atoms with Crippen molar-refractivity contribution >= 4 is 40.6 Å². The van der Waals surface area contributed by atoms with E-state index in [0.717, 1.165) is 18.5 Å². The van der Waals surface area contributed by atoms with Crippen molar-refractivity contribution < 1.29 is 23.8 Å². The number of thiocarbonyl (C=S) groups is 1. The van der Waals surface area contributed by atoms with Gasteiger partial charge in [0.1, 0.15) is 5.75 Å². The van der Waals surface area contributed by atoms with Gasteiger partial charge in [0.15, 0.2) is 5.11 Å². The summed E-state index contributed by atoms with van der Waals surface area (Å²) in [5.74, 6) is -0.178. The molecule has 1 aliphatic rings. The Balaban J connectivity index is 1.72. The molecule has 0 bridgehead atoms. The highest BCUT2D eigenvalue weighted by atomic mass is 32.1. The lowest BCUT2D eigenvalue weighted by Crippen LogP contribution is -2.38. The van der Waals surface area contributed by atoms with Crippen molar-refractivity contribution in [3.8, 4) is 5.75 Å². The third-order valence-electron chi connectivity index (χ3n) is 5.11. The maximum atomic E-state index is 12.7. The summed E-state index contributed by atoms with van der Waals surface area (Å²) in [4.78, 5) is 26.9. The van der Waals surface area contributed by atoms with Crippen molar-refractivity contribution in [2.45, 2.75) is 19.8 Å². The number of hydrogen-bond donors (Lipinski definition) is 2. The number of methoxy groups -OCH3 is 1. The van der Waals surface area contributed by atoms with Crippen LogP contribution in [0.25, 0.3) is 0 Å². The molecule has 1 amide bonds. The van der Waals surface area contributed by atoms with Gasteiger partial charge in [-0.2, -0.15) is 0 Å². The number of amides is 1. The number of ether oxygens (including phenoxy) is 3. The number of carbonyl (C=O) groups is 2. The van der Waals surface area contributed by atoms with Crippen LogP contribution in [0.1, 0.15) is 40.5 Å². The predicted molar refractivity (Wildman–Crippen MR) is 131 cm³/mol. The zero-order valence-electron chi connectivity index (χ0n) is 18.9. The SMILES string of the molecule is CCCCOc1cccc(C(=O)NC(=S)Nc2cc(C(=O)OC)ccc2N2CCOCC2)c1. The summed E-state index contributed by atoms with van der Waals surface area (Å²) in [5.41, 5.74) is 2.27. The molecule has 2 N–H and O–H groups in total. The molecule has 1 heterocycles. The Morgan fingerprint density at radius 3 is 2.64 bits per heavy atom. The molecule has 176 valence electrons. The van der Waals surface area contributed by atoms with Crippen molar-refractivity contribution in [1.29, 1.82) is 0 Å². The number of morpholine rings is 1. The van der Waals surface area contributed by atoms with Gasteiger partial charge in [-0.3, -0.25) is 10.1 Å². The molecule has 1 saturated heterocycles. The number of rotatable bonds is 8. The highest BCUT2D eigenvalue weighted by molar-refractivity contribution is 7.80. The van der Waals surface area contributed by atoms with E-state index in [1.54, 1.807) is 30.3 Å². The predicted octanol–water partition coefficient (Wildman–Crippen LogP) is 3.62. The Labute approximate surface area is 199 Å². The minimum absolute atomic E-state index is 0.119. The van der Waals surface area contributed by atoms with Crippen LogP contribution < -0.4 is 20.3 Å². The summed E-state index contributed by atoms with van der Waals surface area (Å²) in [5, 5.41) is 5.88. The Bertz CT molecular complexity index is 992. The van der Waals surface area contributed by atoms with E-state index in [4.69, 9.17) is 26.4 Å². The van der Waals surface area contributed by atoms with Gasteiger partial charge in [-0.1, -0.05) is 19.4 Å². The zero-order chi connectivity index (χ0) is 23.6. The molecule has 8 nitrogen and oxygen atoms in total. The van der Waals surface area contributed by atoms with Gasteiger partial charge in [0.2, 0.25) is 0 Å². The second-order valence-corrected chi connectivity index (χ2v) is 7.87. The molecule has 0 spiro atoms. The Morgan fingerprint density at radius 1 is 1.12 bits per heavy atom. The largest absolute Gasteiger partial charge is 0.494 e. The molecule has 9 heteroatoms. The van der Waals surface area contributed by atoms with E-state index in [1.165, 1.54) is 7.11 Å². The van der Waals surface area contributed by atoms with E-state index in [-0.39, 0.29) is 11.0 Å². The van der Waals surface area contributed by atoms with Crippen LogP contribution in [0.5, 0.6) is 5.75 Å². The molecular weight excluding hydrogens is 442 g/mol. The molecule has 0 atom stereocenters. The fourth-order valence-corrected chi connectivity index (χ4v) is 3.55. The number of esters is 1. The average Bonchev–Trinajstić information content (AvgIpc) is 2.84. The van der Waals surface area contributed by atoms with Crippen LogP contribution in [0.4, 0.5) is 11.4 Å². The molecule has 33 heavy (non-hydrogen) atoms. The van der Waals surface area contributed by atoms with Gasteiger partial charge in [-0.15, -0.1) is 0 Å². The van der Waals surface area contributed by atoms with E-state index in [0.29, 0.717) is 55.5 Å². The number of hydrogen-bond acceptors (Lipinski definition) is 7. The molecule has 1 fully saturated rings. The van der Waals surface area contributed by atoms with Crippen LogP contribution in [-0.4, -0.2) is 57.0 Å². The quantitative estimate of drug-likeness (QED) is 0.343. The average molecular weight is 472 g/mol. The van der Waals surface area contributed by atoms with E-state index in [9.17, 15) is 9.59 Å². The van der Waals surface area contributed by atoms with Crippen molar-refractivity contribution in [1.82, 2.24) is 5.32 Å². The monoisotopic (exact) mass is 471 g/mol. The molecule has 3 rings (SSSR count). The topological polar surface area (TPSA) is 89.1 Å². The van der Waals surface area contributed by atoms with Gasteiger partial charge in [0.05, 0.1) is 43.9 Å². The molecule has 0 saturated carbocycles. The molecule has 0 unspecified atom stereocenters. The fraction of sp³-hybridized carbons (Fsp3) is 0.375. The van der Waals surface area contributed by atoms with E-state index < -0.39 is 5.97 Å². The Morgan fingerprint density at radius 2 is 1.91 bits per heavy atom. The molecular formula is C24H29N3O5S. The number of carbonyl (C=O) groups excluding carboxylic acids is 2. The smallest absolute Gasteiger partial charge is 0.337 e. The number of nitrogens with zero attached hydrogens (tertiary/aromatic N) is 1. The second kappa shape index (κ2) is 12.2. The molecule has 1 aliphatic heterocycles. The molecule has 2 aromatic carbocycles. The molecule has 0 aromatic heterocycles. The number of nitrogens with one attached hydrogen (secondary N) is 2. The lowest BCUT2D eigenvalue weighted by molar-refractivity contribution is 0.0600. The van der Waals surface area contributed by atoms with Gasteiger partial charge < -0.3 is 24.4 Å². The van der Waals surface area contributed by atoms with Gasteiger partial charge >= 0.3 is 5.97 Å². The standard InChI is InChI=1S/C24H29N3O5S/c1-3-4-12-32-19-7-5-6-17(15-19)22(28)26-24(33)25-20-16-18(23(29)30-2)8-9-21(20)27-10-13-31-14-11-27/h5-9,15-16H,3-4,10-14H2,1-2H3,(H2,25,26,28,33). The number of anilines is 2. The van der Waals surface area contributed by atoms with Crippen LogP contribution in [0.3, 0.4) is 0 Å². The van der Waals surface area contributed by atoms with Gasteiger partial charge in [-0.05, 0) is 55.0 Å². The zero-order valence-corrected chi connectivity index (χ0v) is 19.7. The van der Waals surface area contributed by atoms with Crippen LogP contribution in [0.15, 0.2) is 42.5 Å². The van der Waals surface area contributed by atoms with Crippen LogP contribution >= 0.6 is 12.2 Å². The first-order valence-corrected chi connectivity index (χ1v) is 11.3. The second-order valence-electron chi connectivity index (χ2n) is 7.46. The minimum Gasteiger partial charge on any atom is -0.494 e. The van der Waals surface area contributed by atoms with Crippen molar-refractivity contribution in [3.05, 3.63) is 53.6 Å². The third kappa shape index (κ3) is 6.90. The molecule has 0 radical (unpaired) electrons. The summed E-state index contributed by atoms with van der Waals surface area (Å²) >= 11 is 5.40. The summed E-state index contributed by atoms with van der Waals surface area (Å²) in [6.45, 7) is 5.31. The normalized spacial score (nSPS) is 13.2. The first kappa shape index (κ1) is 24.5. The maximum absolute atomic E-state index is 12.7. The first-order valence-electron chi connectivity index (χ1n) is 10.9. The maximum Gasteiger partial charge on any atom is 0.337 e. The summed E-state index contributed by atoms with van der Waals surface area (Å²) in [7, 11) is 1.33. The van der Waals surface area contributed by atoms with Gasteiger partial charge in [-0.25, -0.2) is 4.79 Å². The van der Waals surface area contributed by atoms with Gasteiger partial charge in [0, 0.05) is 18.7 Å². The van der Waals surface area contributed by atoms with Crippen LogP contribution in [0, 0.1) is 0 Å². The summed E-state index contributed by atoms with van der Waals surface area (Å²) in [6, 6.07) is 12.2. The third-order valence-corrected chi connectivity index (χ3v) is 5.31. The van der Waals surface area contributed by atoms with Crippen molar-refractivity contribution in [3.63, 3.8) is 0 Å². The Kier molecular flexibility index (Phi) is 9.03. The lowest BCUT2D eigenvalue weighted by atomic mass is 10.1. The van der Waals surface area contributed by atoms with Crippen molar-refractivity contribution in [2.24, 2.45) is 0 Å². The highest BCUT2D eigenvalue weighted by Crippen LogP contribution is 2.28. The molecule has 0 aliphatic carbocycles. The number of benzene rings is 2.